The molecule has 0 spiro atoms. The van der Waals surface area contributed by atoms with Crippen LogP contribution in [0.1, 0.15) is 61.6 Å². The van der Waals surface area contributed by atoms with Gasteiger partial charge in [-0.1, -0.05) is 12.0 Å². The van der Waals surface area contributed by atoms with Crippen LogP contribution in [0.25, 0.3) is 5.52 Å². The summed E-state index contributed by atoms with van der Waals surface area (Å²) in [4.78, 5) is 14.9. The lowest BCUT2D eigenvalue weighted by Crippen LogP contribution is -2.27. The molecular formula is C27H35F3N8O. The summed E-state index contributed by atoms with van der Waals surface area (Å²) in [7, 11) is 2.08. The predicted octanol–water partition coefficient (Wildman–Crippen LogP) is 3.65. The summed E-state index contributed by atoms with van der Waals surface area (Å²) in [6, 6.07) is 5.34. The highest BCUT2D eigenvalue weighted by atomic mass is 19.4. The molecule has 3 aromatic heterocycles. The van der Waals surface area contributed by atoms with Gasteiger partial charge >= 0.3 is 6.18 Å². The number of nitrogens with two attached hydrogens (primary N) is 1. The van der Waals surface area contributed by atoms with Gasteiger partial charge in [0.15, 0.2) is 0 Å². The number of hydrogen-bond donors (Lipinski definition) is 3. The molecule has 1 atom stereocenters. The van der Waals surface area contributed by atoms with E-state index in [0.29, 0.717) is 11.3 Å². The maximum atomic E-state index is 13.5. The molecule has 1 fully saturated rings. The monoisotopic (exact) mass is 544 g/mol. The number of nitrogens with one attached hydrogen (secondary N) is 2. The molecule has 0 bridgehead atoms. The number of fused-ring (bicyclic) bond motifs is 1. The van der Waals surface area contributed by atoms with Crippen molar-refractivity contribution >= 4 is 23.1 Å². The number of carbonyl (C=O) groups excluding carboxylic acids is 1. The molecule has 4 N–H and O–H groups in total. The van der Waals surface area contributed by atoms with Crippen molar-refractivity contribution in [3.8, 4) is 11.8 Å². The molecule has 1 amide bonds. The van der Waals surface area contributed by atoms with E-state index < -0.39 is 24.0 Å². The summed E-state index contributed by atoms with van der Waals surface area (Å²) in [5, 5.41) is 14.7. The smallest absolute Gasteiger partial charge is 0.383 e. The molecule has 39 heavy (non-hydrogen) atoms. The molecule has 12 heteroatoms. The number of amides is 1. The zero-order valence-electron chi connectivity index (χ0n) is 22.7. The van der Waals surface area contributed by atoms with Gasteiger partial charge in [0, 0.05) is 11.6 Å². The largest absolute Gasteiger partial charge is 0.393 e. The molecule has 0 aliphatic carbocycles. The molecule has 1 aliphatic heterocycles. The van der Waals surface area contributed by atoms with Crippen LogP contribution in [0.2, 0.25) is 0 Å². The molecule has 9 nitrogen and oxygen atoms in total. The molecule has 0 radical (unpaired) electrons. The number of carbonyl (C=O) groups is 1. The van der Waals surface area contributed by atoms with Crippen LogP contribution in [-0.4, -0.2) is 69.1 Å². The van der Waals surface area contributed by atoms with E-state index in [1.807, 2.05) is 26.8 Å². The van der Waals surface area contributed by atoms with Crippen LogP contribution in [0.15, 0.2) is 24.4 Å². The molecule has 1 aliphatic rings. The SMILES string of the molecule is CN1CCCC(Nc2cccc3c(CC(F)(F)F)c(C#CCNC(=O)c4cnn(C(C)(C)C)c4N)nn23)CC1. The highest BCUT2D eigenvalue weighted by Crippen LogP contribution is 2.28. The normalized spacial score (nSPS) is 16.9. The average molecular weight is 545 g/mol. The van der Waals surface area contributed by atoms with Crippen LogP contribution in [-0.2, 0) is 12.0 Å². The number of nitrogens with zero attached hydrogens (tertiary/aromatic N) is 5. The van der Waals surface area contributed by atoms with Gasteiger partial charge in [-0.05, 0) is 78.2 Å². The van der Waals surface area contributed by atoms with E-state index in [2.05, 4.69) is 44.6 Å². The second-order valence-corrected chi connectivity index (χ2v) is 10.9. The summed E-state index contributed by atoms with van der Waals surface area (Å²) in [6.45, 7) is 7.59. The van der Waals surface area contributed by atoms with Gasteiger partial charge < -0.3 is 21.3 Å². The van der Waals surface area contributed by atoms with Crippen LogP contribution in [0, 0.1) is 11.8 Å². The maximum Gasteiger partial charge on any atom is 0.393 e. The molecule has 1 unspecified atom stereocenters. The van der Waals surface area contributed by atoms with Gasteiger partial charge in [0.2, 0.25) is 0 Å². The van der Waals surface area contributed by atoms with Crippen LogP contribution < -0.4 is 16.4 Å². The predicted molar refractivity (Wildman–Crippen MR) is 145 cm³/mol. The second-order valence-electron chi connectivity index (χ2n) is 10.9. The molecule has 4 heterocycles. The minimum absolute atomic E-state index is 0.00118. The van der Waals surface area contributed by atoms with Gasteiger partial charge in [0.25, 0.3) is 5.91 Å². The van der Waals surface area contributed by atoms with Crippen molar-refractivity contribution in [1.29, 1.82) is 0 Å². The van der Waals surface area contributed by atoms with Gasteiger partial charge in [-0.25, -0.2) is 9.20 Å². The highest BCUT2D eigenvalue weighted by molar-refractivity contribution is 5.98. The lowest BCUT2D eigenvalue weighted by Gasteiger charge is -2.20. The van der Waals surface area contributed by atoms with E-state index in [-0.39, 0.29) is 35.2 Å². The maximum absolute atomic E-state index is 13.5. The van der Waals surface area contributed by atoms with Crippen molar-refractivity contribution in [2.45, 2.75) is 64.2 Å². The fraction of sp³-hybridized carbons (Fsp3) is 0.519. The first kappa shape index (κ1) is 28.3. The molecule has 0 saturated carbocycles. The van der Waals surface area contributed by atoms with E-state index in [9.17, 15) is 18.0 Å². The van der Waals surface area contributed by atoms with Crippen molar-refractivity contribution in [2.75, 3.05) is 37.7 Å². The van der Waals surface area contributed by atoms with Crippen molar-refractivity contribution in [3.05, 3.63) is 41.2 Å². The fourth-order valence-electron chi connectivity index (χ4n) is 4.71. The summed E-state index contributed by atoms with van der Waals surface area (Å²) in [5.74, 6) is 5.86. The first-order valence-corrected chi connectivity index (χ1v) is 13.0. The minimum Gasteiger partial charge on any atom is -0.383 e. The topological polar surface area (TPSA) is 106 Å². The van der Waals surface area contributed by atoms with E-state index in [0.717, 1.165) is 32.4 Å². The number of nitrogen functional groups attached to an aromatic ring is 1. The Morgan fingerprint density at radius 1 is 1.21 bits per heavy atom. The lowest BCUT2D eigenvalue weighted by atomic mass is 10.1. The molecule has 1 saturated heterocycles. The number of pyridine rings is 1. The number of hydrogen-bond acceptors (Lipinski definition) is 6. The Balaban J connectivity index is 1.56. The average Bonchev–Trinajstić information content (AvgIpc) is 3.32. The zero-order chi connectivity index (χ0) is 28.4. The summed E-state index contributed by atoms with van der Waals surface area (Å²) in [6.07, 6.45) is -1.29. The third-order valence-corrected chi connectivity index (χ3v) is 6.67. The van der Waals surface area contributed by atoms with Gasteiger partial charge in [0.05, 0.1) is 30.2 Å². The number of alkyl halides is 3. The first-order valence-electron chi connectivity index (χ1n) is 13.0. The number of aromatic nitrogens is 4. The first-order chi connectivity index (χ1) is 18.3. The quantitative estimate of drug-likeness (QED) is 0.424. The molecular weight excluding hydrogens is 509 g/mol. The number of anilines is 2. The molecule has 0 aromatic carbocycles. The van der Waals surface area contributed by atoms with Crippen LogP contribution in [0.5, 0.6) is 0 Å². The Bertz CT molecular complexity index is 1390. The molecule has 4 rings (SSSR count). The number of rotatable bonds is 5. The van der Waals surface area contributed by atoms with Gasteiger partial charge in [0.1, 0.15) is 22.9 Å². The summed E-state index contributed by atoms with van der Waals surface area (Å²) < 4.78 is 43.6. The van der Waals surface area contributed by atoms with Crippen molar-refractivity contribution < 1.29 is 18.0 Å². The Hall–Kier alpha value is -3.72. The Kier molecular flexibility index (Phi) is 8.11. The van der Waals surface area contributed by atoms with Crippen molar-refractivity contribution in [2.24, 2.45) is 0 Å². The van der Waals surface area contributed by atoms with E-state index in [1.54, 1.807) is 16.8 Å². The van der Waals surface area contributed by atoms with Gasteiger partial charge in [-0.15, -0.1) is 0 Å². The van der Waals surface area contributed by atoms with Crippen LogP contribution in [0.3, 0.4) is 0 Å². The Morgan fingerprint density at radius 2 is 1.97 bits per heavy atom. The van der Waals surface area contributed by atoms with Crippen LogP contribution in [0.4, 0.5) is 24.8 Å². The second kappa shape index (κ2) is 11.2. The van der Waals surface area contributed by atoms with Crippen LogP contribution >= 0.6 is 0 Å². The minimum atomic E-state index is -4.44. The zero-order valence-corrected chi connectivity index (χ0v) is 22.7. The fourth-order valence-corrected chi connectivity index (χ4v) is 4.71. The van der Waals surface area contributed by atoms with E-state index >= 15 is 0 Å². The van der Waals surface area contributed by atoms with Crippen molar-refractivity contribution in [1.82, 2.24) is 29.6 Å². The summed E-state index contributed by atoms with van der Waals surface area (Å²) >= 11 is 0. The van der Waals surface area contributed by atoms with Crippen molar-refractivity contribution in [3.63, 3.8) is 0 Å². The third-order valence-electron chi connectivity index (χ3n) is 6.67. The van der Waals surface area contributed by atoms with Gasteiger partial charge in [-0.2, -0.15) is 23.4 Å². The Labute approximate surface area is 225 Å². The number of halogens is 3. The van der Waals surface area contributed by atoms with E-state index in [1.165, 1.54) is 10.7 Å². The van der Waals surface area contributed by atoms with Gasteiger partial charge in [-0.3, -0.25) is 4.79 Å². The molecule has 210 valence electrons. The Morgan fingerprint density at radius 3 is 2.67 bits per heavy atom. The third kappa shape index (κ3) is 6.84. The standard InChI is InChI=1S/C27H35F3N8O/c1-26(2,3)38-24(31)20(17-33-38)25(39)32-13-6-9-21-19(16-27(28,29)30)22-10-5-11-23(37(22)35-21)34-18-8-7-14-36(4)15-12-18/h5,10-11,17-18,34H,7-8,12-16,31H2,1-4H3,(H,32,39). The highest BCUT2D eigenvalue weighted by Gasteiger charge is 2.31. The number of likely N-dealkylation sites (tertiary alicyclic amines) is 1. The molecule has 3 aromatic rings. The summed E-state index contributed by atoms with van der Waals surface area (Å²) in [5.41, 5.74) is 6.26. The van der Waals surface area contributed by atoms with E-state index in [4.69, 9.17) is 5.73 Å². The lowest BCUT2D eigenvalue weighted by molar-refractivity contribution is -0.127.